The Morgan fingerprint density at radius 2 is 2.00 bits per heavy atom. The quantitative estimate of drug-likeness (QED) is 0.785. The zero-order valence-corrected chi connectivity index (χ0v) is 13.2. The first-order valence-electron chi connectivity index (χ1n) is 7.04. The van der Waals surface area contributed by atoms with Crippen molar-refractivity contribution in [1.82, 2.24) is 15.6 Å². The molecule has 0 fully saturated rings. The highest BCUT2D eigenvalue weighted by Crippen LogP contribution is 2.19. The third kappa shape index (κ3) is 4.91. The molecule has 5 nitrogen and oxygen atoms in total. The molecule has 0 saturated heterocycles. The molecule has 122 valence electrons. The number of hydrogen-bond acceptors (Lipinski definition) is 3. The number of aliphatic hydroxyl groups excluding tert-OH is 1. The van der Waals surface area contributed by atoms with Gasteiger partial charge in [-0.15, -0.1) is 0 Å². The van der Waals surface area contributed by atoms with Crippen molar-refractivity contribution in [2.75, 3.05) is 6.54 Å². The average Bonchev–Trinajstić information content (AvgIpc) is 2.56. The molecule has 1 heterocycles. The average molecular weight is 338 g/mol. The highest BCUT2D eigenvalue weighted by atomic mass is 35.5. The van der Waals surface area contributed by atoms with Crippen LogP contribution in [0.2, 0.25) is 5.02 Å². The number of hydrogen-bond donors (Lipinski definition) is 3. The number of pyridine rings is 1. The van der Waals surface area contributed by atoms with Crippen molar-refractivity contribution in [3.05, 3.63) is 64.7 Å². The number of urea groups is 1. The summed E-state index contributed by atoms with van der Waals surface area (Å²) in [4.78, 5) is 15.8. The molecule has 1 aromatic carbocycles. The fraction of sp³-hybridized carbons (Fsp3) is 0.250. The summed E-state index contributed by atoms with van der Waals surface area (Å²) in [6, 6.07) is 6.99. The van der Waals surface area contributed by atoms with Gasteiger partial charge in [-0.3, -0.25) is 4.98 Å². The minimum Gasteiger partial charge on any atom is -0.387 e. The predicted molar refractivity (Wildman–Crippen MR) is 85.6 cm³/mol. The van der Waals surface area contributed by atoms with E-state index in [2.05, 4.69) is 15.6 Å². The third-order valence-electron chi connectivity index (χ3n) is 3.34. The summed E-state index contributed by atoms with van der Waals surface area (Å²) in [5, 5.41) is 15.2. The van der Waals surface area contributed by atoms with Crippen LogP contribution < -0.4 is 10.6 Å². The van der Waals surface area contributed by atoms with Gasteiger partial charge in [0.1, 0.15) is 5.82 Å². The highest BCUT2D eigenvalue weighted by Gasteiger charge is 2.13. The van der Waals surface area contributed by atoms with Crippen LogP contribution in [-0.2, 0) is 0 Å². The molecule has 3 N–H and O–H groups in total. The lowest BCUT2D eigenvalue weighted by molar-refractivity contribution is 0.172. The van der Waals surface area contributed by atoms with Crippen LogP contribution in [0.15, 0.2) is 42.7 Å². The number of carbonyl (C=O) groups is 1. The molecule has 2 atom stereocenters. The van der Waals surface area contributed by atoms with Gasteiger partial charge >= 0.3 is 6.03 Å². The Bertz CT molecular complexity index is 670. The smallest absolute Gasteiger partial charge is 0.315 e. The second kappa shape index (κ2) is 7.89. The number of rotatable bonds is 5. The first kappa shape index (κ1) is 17.2. The Morgan fingerprint density at radius 1 is 1.30 bits per heavy atom. The number of amides is 2. The molecule has 0 radical (unpaired) electrons. The van der Waals surface area contributed by atoms with E-state index in [4.69, 9.17) is 11.6 Å². The van der Waals surface area contributed by atoms with Gasteiger partial charge in [0.15, 0.2) is 0 Å². The van der Waals surface area contributed by atoms with Crippen LogP contribution in [0.1, 0.15) is 30.2 Å². The van der Waals surface area contributed by atoms with Crippen molar-refractivity contribution in [1.29, 1.82) is 0 Å². The largest absolute Gasteiger partial charge is 0.387 e. The molecule has 0 unspecified atom stereocenters. The van der Waals surface area contributed by atoms with E-state index in [-0.39, 0.29) is 17.6 Å². The Balaban J connectivity index is 1.85. The number of carbonyl (C=O) groups excluding carboxylic acids is 1. The standard InChI is InChI=1S/C16H17ClFN3O2/c1-10(11-4-6-19-7-5-11)21-16(23)20-9-15(22)12-2-3-13(17)14(18)8-12/h2-8,10,15,22H,9H2,1H3,(H2,20,21,23)/t10-,15+/m1/s1. The molecule has 0 spiro atoms. The monoisotopic (exact) mass is 337 g/mol. The number of halogens is 2. The van der Waals surface area contributed by atoms with Crippen molar-refractivity contribution >= 4 is 17.6 Å². The lowest BCUT2D eigenvalue weighted by atomic mass is 10.1. The van der Waals surface area contributed by atoms with Crippen molar-refractivity contribution in [2.24, 2.45) is 0 Å². The predicted octanol–water partition coefficient (Wildman–Crippen LogP) is 2.97. The van der Waals surface area contributed by atoms with Crippen molar-refractivity contribution in [3.8, 4) is 0 Å². The van der Waals surface area contributed by atoms with E-state index < -0.39 is 18.0 Å². The van der Waals surface area contributed by atoms with Crippen LogP contribution >= 0.6 is 11.6 Å². The molecule has 2 rings (SSSR count). The summed E-state index contributed by atoms with van der Waals surface area (Å²) in [6.45, 7) is 1.79. The number of aromatic nitrogens is 1. The molecule has 7 heteroatoms. The summed E-state index contributed by atoms with van der Waals surface area (Å²) in [6.07, 6.45) is 2.26. The number of aliphatic hydroxyl groups is 1. The minimum absolute atomic E-state index is 0.0159. The SMILES string of the molecule is C[C@@H](NC(=O)NC[C@H](O)c1ccc(Cl)c(F)c1)c1ccncc1. The van der Waals surface area contributed by atoms with Crippen LogP contribution in [0, 0.1) is 5.82 Å². The fourth-order valence-electron chi connectivity index (χ4n) is 2.01. The van der Waals surface area contributed by atoms with Gasteiger partial charge in [-0.2, -0.15) is 0 Å². The normalized spacial score (nSPS) is 13.2. The van der Waals surface area contributed by atoms with Gasteiger partial charge in [-0.25, -0.2) is 9.18 Å². The molecule has 0 aliphatic carbocycles. The van der Waals surface area contributed by atoms with E-state index in [1.54, 1.807) is 24.5 Å². The maximum atomic E-state index is 13.4. The zero-order valence-electron chi connectivity index (χ0n) is 12.5. The van der Waals surface area contributed by atoms with Crippen LogP contribution in [-0.4, -0.2) is 22.7 Å². The molecule has 0 aliphatic rings. The van der Waals surface area contributed by atoms with Crippen LogP contribution in [0.3, 0.4) is 0 Å². The Morgan fingerprint density at radius 3 is 2.65 bits per heavy atom. The summed E-state index contributed by atoms with van der Waals surface area (Å²) in [7, 11) is 0. The Labute approximate surface area is 138 Å². The van der Waals surface area contributed by atoms with Gasteiger partial charge < -0.3 is 15.7 Å². The molecular weight excluding hydrogens is 321 g/mol. The van der Waals surface area contributed by atoms with E-state index in [9.17, 15) is 14.3 Å². The van der Waals surface area contributed by atoms with Gasteiger partial charge in [0.2, 0.25) is 0 Å². The lowest BCUT2D eigenvalue weighted by Crippen LogP contribution is -2.39. The third-order valence-corrected chi connectivity index (χ3v) is 3.64. The zero-order chi connectivity index (χ0) is 16.8. The molecule has 2 aromatic rings. The minimum atomic E-state index is -1.02. The van der Waals surface area contributed by atoms with E-state index in [0.717, 1.165) is 11.6 Å². The highest BCUT2D eigenvalue weighted by molar-refractivity contribution is 6.30. The molecule has 0 aliphatic heterocycles. The number of benzene rings is 1. The van der Waals surface area contributed by atoms with Crippen molar-refractivity contribution in [3.63, 3.8) is 0 Å². The van der Waals surface area contributed by atoms with E-state index in [1.165, 1.54) is 12.1 Å². The molecule has 0 bridgehead atoms. The van der Waals surface area contributed by atoms with E-state index >= 15 is 0 Å². The van der Waals surface area contributed by atoms with E-state index in [1.807, 2.05) is 6.92 Å². The van der Waals surface area contributed by atoms with Gasteiger partial charge in [0.05, 0.1) is 17.2 Å². The van der Waals surface area contributed by atoms with E-state index in [0.29, 0.717) is 5.56 Å². The fourth-order valence-corrected chi connectivity index (χ4v) is 2.13. The second-order valence-electron chi connectivity index (χ2n) is 5.05. The summed E-state index contributed by atoms with van der Waals surface area (Å²) in [5.41, 5.74) is 1.25. The molecule has 23 heavy (non-hydrogen) atoms. The van der Waals surface area contributed by atoms with Gasteiger partial charge in [-0.1, -0.05) is 17.7 Å². The maximum absolute atomic E-state index is 13.4. The Kier molecular flexibility index (Phi) is 5.90. The Hall–Kier alpha value is -2.18. The summed E-state index contributed by atoms with van der Waals surface area (Å²) < 4.78 is 13.4. The first-order chi connectivity index (χ1) is 11.0. The van der Waals surface area contributed by atoms with Crippen LogP contribution in [0.4, 0.5) is 9.18 Å². The topological polar surface area (TPSA) is 74.2 Å². The van der Waals surface area contributed by atoms with Crippen LogP contribution in [0.5, 0.6) is 0 Å². The first-order valence-corrected chi connectivity index (χ1v) is 7.42. The van der Waals surface area contributed by atoms with Crippen molar-refractivity contribution < 1.29 is 14.3 Å². The maximum Gasteiger partial charge on any atom is 0.315 e. The second-order valence-corrected chi connectivity index (χ2v) is 5.45. The molecule has 0 saturated carbocycles. The van der Waals surface area contributed by atoms with Gasteiger partial charge in [0, 0.05) is 18.9 Å². The van der Waals surface area contributed by atoms with Crippen molar-refractivity contribution in [2.45, 2.75) is 19.1 Å². The summed E-state index contributed by atoms with van der Waals surface area (Å²) in [5.74, 6) is -0.612. The lowest BCUT2D eigenvalue weighted by Gasteiger charge is -2.17. The summed E-state index contributed by atoms with van der Waals surface area (Å²) >= 11 is 5.59. The molecular formula is C16H17ClFN3O2. The van der Waals surface area contributed by atoms with Gasteiger partial charge in [0.25, 0.3) is 0 Å². The van der Waals surface area contributed by atoms with Gasteiger partial charge in [-0.05, 0) is 42.3 Å². The number of nitrogens with zero attached hydrogens (tertiary/aromatic N) is 1. The molecule has 2 amide bonds. The molecule has 1 aromatic heterocycles. The van der Waals surface area contributed by atoms with Crippen LogP contribution in [0.25, 0.3) is 0 Å². The number of nitrogens with one attached hydrogen (secondary N) is 2.